The van der Waals surface area contributed by atoms with Crippen LogP contribution in [0.5, 0.6) is 5.88 Å². The third kappa shape index (κ3) is 3.89. The van der Waals surface area contributed by atoms with E-state index >= 15 is 0 Å². The number of anilines is 2. The highest BCUT2D eigenvalue weighted by Crippen LogP contribution is 2.28. The van der Waals surface area contributed by atoms with Crippen LogP contribution in [0, 0.1) is 5.92 Å². The normalized spacial score (nSPS) is 22.5. The summed E-state index contributed by atoms with van der Waals surface area (Å²) in [6, 6.07) is 2.53. The van der Waals surface area contributed by atoms with Crippen molar-refractivity contribution in [1.82, 2.24) is 19.8 Å². The Balaban J connectivity index is 1.56. The highest BCUT2D eigenvalue weighted by molar-refractivity contribution is 5.45. The summed E-state index contributed by atoms with van der Waals surface area (Å²) >= 11 is 0. The fourth-order valence-corrected chi connectivity index (χ4v) is 3.84. The molecule has 2 saturated heterocycles. The molecule has 1 atom stereocenters. The Kier molecular flexibility index (Phi) is 5.40. The van der Waals surface area contributed by atoms with Crippen molar-refractivity contribution in [3.8, 4) is 5.88 Å². The lowest BCUT2D eigenvalue weighted by Gasteiger charge is -2.42. The van der Waals surface area contributed by atoms with Gasteiger partial charge in [0.1, 0.15) is 5.82 Å². The van der Waals surface area contributed by atoms with Gasteiger partial charge in [0.15, 0.2) is 0 Å². The van der Waals surface area contributed by atoms with E-state index in [1.807, 2.05) is 6.07 Å². The Morgan fingerprint density at radius 2 is 1.79 bits per heavy atom. The summed E-state index contributed by atoms with van der Waals surface area (Å²) in [6.45, 7) is 9.18. The molecule has 2 aliphatic rings. The number of methoxy groups -OCH3 is 1. The molecule has 1 aromatic heterocycles. The third-order valence-electron chi connectivity index (χ3n) is 5.58. The highest BCUT2D eigenvalue weighted by Gasteiger charge is 2.29. The van der Waals surface area contributed by atoms with Gasteiger partial charge in [-0.2, -0.15) is 9.97 Å². The molecule has 3 rings (SSSR count). The maximum absolute atomic E-state index is 5.79. The van der Waals surface area contributed by atoms with Crippen molar-refractivity contribution in [3.05, 3.63) is 6.07 Å². The number of nitrogens with two attached hydrogens (primary N) is 1. The molecule has 3 heterocycles. The lowest BCUT2D eigenvalue weighted by atomic mass is 9.89. The zero-order chi connectivity index (χ0) is 17.1. The van der Waals surface area contributed by atoms with Gasteiger partial charge >= 0.3 is 0 Å². The number of piperidine rings is 1. The van der Waals surface area contributed by atoms with E-state index in [2.05, 4.69) is 38.6 Å². The van der Waals surface area contributed by atoms with Crippen LogP contribution >= 0.6 is 0 Å². The molecular weight excluding hydrogens is 304 g/mol. The lowest BCUT2D eigenvalue weighted by molar-refractivity contribution is 0.0813. The molecule has 2 aliphatic heterocycles. The molecule has 7 heteroatoms. The summed E-state index contributed by atoms with van der Waals surface area (Å²) in [5, 5.41) is 0. The van der Waals surface area contributed by atoms with E-state index in [4.69, 9.17) is 10.5 Å². The topological polar surface area (TPSA) is 70.8 Å². The molecule has 2 N–H and O–H groups in total. The average Bonchev–Trinajstić information content (AvgIpc) is 2.61. The van der Waals surface area contributed by atoms with E-state index in [0.717, 1.165) is 24.8 Å². The monoisotopic (exact) mass is 334 g/mol. The summed E-state index contributed by atoms with van der Waals surface area (Å²) < 4.78 is 5.21. The minimum atomic E-state index is 0.275. The smallest absolute Gasteiger partial charge is 0.225 e. The van der Waals surface area contributed by atoms with Crippen LogP contribution in [-0.4, -0.2) is 79.2 Å². The first-order valence-electron chi connectivity index (χ1n) is 8.93. The van der Waals surface area contributed by atoms with Gasteiger partial charge in [0, 0.05) is 51.4 Å². The average molecular weight is 334 g/mol. The standard InChI is InChI=1S/C17H30N6O/c1-13(22-10-8-21(2)9-11-22)14-4-6-23(7-5-14)15-12-16(24-3)20-17(18)19-15/h12-14H,4-11H2,1-3H3,(H2,18,19,20). The first-order chi connectivity index (χ1) is 11.6. The molecule has 24 heavy (non-hydrogen) atoms. The molecule has 0 amide bonds. The lowest BCUT2D eigenvalue weighted by Crippen LogP contribution is -2.51. The van der Waals surface area contributed by atoms with Crippen molar-refractivity contribution in [3.63, 3.8) is 0 Å². The SMILES string of the molecule is COc1cc(N2CCC(C(C)N3CCN(C)CC3)CC2)nc(N)n1. The fraction of sp³-hybridized carbons (Fsp3) is 0.765. The second-order valence-electron chi connectivity index (χ2n) is 7.03. The van der Waals surface area contributed by atoms with E-state index in [0.29, 0.717) is 11.9 Å². The number of nitrogens with zero attached hydrogens (tertiary/aromatic N) is 5. The van der Waals surface area contributed by atoms with Crippen LogP contribution in [0.25, 0.3) is 0 Å². The molecule has 0 aliphatic carbocycles. The quantitative estimate of drug-likeness (QED) is 0.878. The van der Waals surface area contributed by atoms with Crippen molar-refractivity contribution in [1.29, 1.82) is 0 Å². The Morgan fingerprint density at radius 3 is 2.42 bits per heavy atom. The second-order valence-corrected chi connectivity index (χ2v) is 7.03. The van der Waals surface area contributed by atoms with E-state index in [9.17, 15) is 0 Å². The summed E-state index contributed by atoms with van der Waals surface area (Å²) in [5.74, 6) is 2.44. The molecule has 0 aromatic carbocycles. The van der Waals surface area contributed by atoms with Gasteiger partial charge in [-0.05, 0) is 32.7 Å². The van der Waals surface area contributed by atoms with Crippen molar-refractivity contribution in [2.24, 2.45) is 5.92 Å². The van der Waals surface area contributed by atoms with Gasteiger partial charge in [0.25, 0.3) is 0 Å². The molecule has 7 nitrogen and oxygen atoms in total. The number of rotatable bonds is 4. The Labute approximate surface area is 144 Å². The fourth-order valence-electron chi connectivity index (χ4n) is 3.84. The van der Waals surface area contributed by atoms with Crippen LogP contribution in [0.4, 0.5) is 11.8 Å². The van der Waals surface area contributed by atoms with Crippen LogP contribution in [0.1, 0.15) is 19.8 Å². The first-order valence-corrected chi connectivity index (χ1v) is 8.93. The van der Waals surface area contributed by atoms with Crippen LogP contribution in [-0.2, 0) is 0 Å². The third-order valence-corrected chi connectivity index (χ3v) is 5.58. The van der Waals surface area contributed by atoms with Crippen molar-refractivity contribution in [2.45, 2.75) is 25.8 Å². The van der Waals surface area contributed by atoms with Crippen molar-refractivity contribution in [2.75, 3.05) is 64.1 Å². The maximum Gasteiger partial charge on any atom is 0.225 e. The number of hydrogen-bond acceptors (Lipinski definition) is 7. The second kappa shape index (κ2) is 7.53. The van der Waals surface area contributed by atoms with Gasteiger partial charge in [0.2, 0.25) is 11.8 Å². The van der Waals surface area contributed by atoms with Crippen LogP contribution in [0.3, 0.4) is 0 Å². The number of aromatic nitrogens is 2. The maximum atomic E-state index is 5.79. The van der Waals surface area contributed by atoms with Crippen LogP contribution in [0.2, 0.25) is 0 Å². The summed E-state index contributed by atoms with van der Waals surface area (Å²) in [4.78, 5) is 15.8. The van der Waals surface area contributed by atoms with Gasteiger partial charge in [-0.3, -0.25) is 4.90 Å². The largest absolute Gasteiger partial charge is 0.481 e. The summed E-state index contributed by atoms with van der Waals surface area (Å²) in [6.07, 6.45) is 2.39. The number of piperazine rings is 1. The van der Waals surface area contributed by atoms with Gasteiger partial charge in [-0.1, -0.05) is 0 Å². The minimum Gasteiger partial charge on any atom is -0.481 e. The van der Waals surface area contributed by atoms with Crippen LogP contribution in [0.15, 0.2) is 6.07 Å². The molecular formula is C17H30N6O. The minimum absolute atomic E-state index is 0.275. The Morgan fingerprint density at radius 1 is 1.12 bits per heavy atom. The van der Waals surface area contributed by atoms with E-state index in [1.165, 1.54) is 39.0 Å². The molecule has 0 radical (unpaired) electrons. The van der Waals surface area contributed by atoms with Gasteiger partial charge in [-0.15, -0.1) is 0 Å². The summed E-state index contributed by atoms with van der Waals surface area (Å²) in [7, 11) is 3.82. The van der Waals surface area contributed by atoms with Crippen molar-refractivity contribution < 1.29 is 4.74 Å². The first kappa shape index (κ1) is 17.2. The Bertz CT molecular complexity index is 538. The predicted molar refractivity (Wildman–Crippen MR) is 96.5 cm³/mol. The predicted octanol–water partition coefficient (Wildman–Crippen LogP) is 0.920. The molecule has 1 unspecified atom stereocenters. The Hall–Kier alpha value is -1.60. The van der Waals surface area contributed by atoms with Gasteiger partial charge in [-0.25, -0.2) is 0 Å². The number of likely N-dealkylation sites (N-methyl/N-ethyl adjacent to an activating group) is 1. The van der Waals surface area contributed by atoms with Crippen molar-refractivity contribution >= 4 is 11.8 Å². The number of nitrogen functional groups attached to an aromatic ring is 1. The number of ether oxygens (including phenoxy) is 1. The molecule has 0 spiro atoms. The van der Waals surface area contributed by atoms with E-state index < -0.39 is 0 Å². The molecule has 2 fully saturated rings. The summed E-state index contributed by atoms with van der Waals surface area (Å²) in [5.41, 5.74) is 5.79. The molecule has 0 bridgehead atoms. The van der Waals surface area contributed by atoms with Gasteiger partial charge < -0.3 is 20.3 Å². The number of hydrogen-bond donors (Lipinski definition) is 1. The molecule has 134 valence electrons. The van der Waals surface area contributed by atoms with Gasteiger partial charge in [0.05, 0.1) is 7.11 Å². The van der Waals surface area contributed by atoms with Crippen LogP contribution < -0.4 is 15.4 Å². The molecule has 0 saturated carbocycles. The zero-order valence-corrected chi connectivity index (χ0v) is 15.1. The van der Waals surface area contributed by atoms with E-state index in [-0.39, 0.29) is 5.95 Å². The highest BCUT2D eigenvalue weighted by atomic mass is 16.5. The zero-order valence-electron chi connectivity index (χ0n) is 15.1. The van der Waals surface area contributed by atoms with E-state index in [1.54, 1.807) is 7.11 Å². The molecule has 1 aromatic rings.